The van der Waals surface area contributed by atoms with Crippen LogP contribution in [0.15, 0.2) is 57.5 Å². The lowest BCUT2D eigenvalue weighted by molar-refractivity contribution is 0.0601. The van der Waals surface area contributed by atoms with Gasteiger partial charge in [-0.25, -0.2) is 4.79 Å². The van der Waals surface area contributed by atoms with Crippen LogP contribution in [-0.2, 0) is 4.74 Å². The Labute approximate surface area is 135 Å². The standard InChI is InChI=1S/C16H11BrN2O3/c1-21-16(20)11-7-3-2-6-10(11)15-18-14(19-22-15)12-8-4-5-9-13(12)17/h2-9H,1H3. The summed E-state index contributed by atoms with van der Waals surface area (Å²) in [6, 6.07) is 14.5. The summed E-state index contributed by atoms with van der Waals surface area (Å²) in [7, 11) is 1.33. The van der Waals surface area contributed by atoms with Gasteiger partial charge in [0.25, 0.3) is 5.89 Å². The van der Waals surface area contributed by atoms with Gasteiger partial charge in [-0.05, 0) is 24.3 Å². The van der Waals surface area contributed by atoms with Gasteiger partial charge in [-0.2, -0.15) is 4.98 Å². The minimum Gasteiger partial charge on any atom is -0.465 e. The van der Waals surface area contributed by atoms with Gasteiger partial charge in [0, 0.05) is 10.0 Å². The third kappa shape index (κ3) is 2.65. The Morgan fingerprint density at radius 2 is 1.77 bits per heavy atom. The lowest BCUT2D eigenvalue weighted by atomic mass is 10.1. The second-order valence-corrected chi connectivity index (χ2v) is 5.29. The normalized spacial score (nSPS) is 10.5. The number of ether oxygens (including phenoxy) is 1. The van der Waals surface area contributed by atoms with Gasteiger partial charge in [-0.3, -0.25) is 0 Å². The zero-order chi connectivity index (χ0) is 15.5. The molecular formula is C16H11BrN2O3. The van der Waals surface area contributed by atoms with E-state index in [1.807, 2.05) is 24.3 Å². The molecule has 3 rings (SSSR count). The molecular weight excluding hydrogens is 348 g/mol. The minimum absolute atomic E-state index is 0.270. The molecule has 0 saturated carbocycles. The van der Waals surface area contributed by atoms with Crippen LogP contribution < -0.4 is 0 Å². The number of esters is 1. The first-order chi connectivity index (χ1) is 10.7. The zero-order valence-electron chi connectivity index (χ0n) is 11.6. The Hall–Kier alpha value is -2.47. The summed E-state index contributed by atoms with van der Waals surface area (Å²) in [5.41, 5.74) is 1.74. The second-order valence-electron chi connectivity index (χ2n) is 4.44. The molecule has 0 aliphatic rings. The molecule has 3 aromatic rings. The summed E-state index contributed by atoms with van der Waals surface area (Å²) in [5.74, 6) is 0.269. The fourth-order valence-corrected chi connectivity index (χ4v) is 2.50. The van der Waals surface area contributed by atoms with E-state index in [2.05, 4.69) is 26.1 Å². The molecule has 0 saturated heterocycles. The van der Waals surface area contributed by atoms with Gasteiger partial charge < -0.3 is 9.26 Å². The second kappa shape index (κ2) is 6.11. The summed E-state index contributed by atoms with van der Waals surface area (Å²) in [6.45, 7) is 0. The maximum Gasteiger partial charge on any atom is 0.338 e. The van der Waals surface area contributed by atoms with Gasteiger partial charge in [-0.1, -0.05) is 45.4 Å². The number of nitrogens with zero attached hydrogens (tertiary/aromatic N) is 2. The lowest BCUT2D eigenvalue weighted by Gasteiger charge is -2.03. The van der Waals surface area contributed by atoms with E-state index in [9.17, 15) is 4.79 Å². The van der Waals surface area contributed by atoms with Gasteiger partial charge in [0.2, 0.25) is 5.82 Å². The van der Waals surface area contributed by atoms with Crippen LogP contribution in [0.4, 0.5) is 0 Å². The van der Waals surface area contributed by atoms with E-state index in [1.165, 1.54) is 7.11 Å². The number of benzene rings is 2. The topological polar surface area (TPSA) is 65.2 Å². The minimum atomic E-state index is -0.448. The average molecular weight is 359 g/mol. The molecule has 0 atom stereocenters. The molecule has 0 fully saturated rings. The van der Waals surface area contributed by atoms with E-state index < -0.39 is 5.97 Å². The molecule has 2 aromatic carbocycles. The largest absolute Gasteiger partial charge is 0.465 e. The van der Waals surface area contributed by atoms with Crippen molar-refractivity contribution in [3.8, 4) is 22.8 Å². The smallest absolute Gasteiger partial charge is 0.338 e. The zero-order valence-corrected chi connectivity index (χ0v) is 13.2. The summed E-state index contributed by atoms with van der Waals surface area (Å²) in [4.78, 5) is 16.2. The summed E-state index contributed by atoms with van der Waals surface area (Å²) < 4.78 is 10.9. The molecule has 0 spiro atoms. The van der Waals surface area contributed by atoms with Crippen LogP contribution in [0.3, 0.4) is 0 Å². The molecule has 0 amide bonds. The van der Waals surface area contributed by atoms with Crippen LogP contribution in [-0.4, -0.2) is 23.2 Å². The van der Waals surface area contributed by atoms with E-state index in [-0.39, 0.29) is 5.89 Å². The maximum absolute atomic E-state index is 11.8. The molecule has 6 heteroatoms. The third-order valence-electron chi connectivity index (χ3n) is 3.10. The molecule has 22 heavy (non-hydrogen) atoms. The highest BCUT2D eigenvalue weighted by Crippen LogP contribution is 2.29. The molecule has 0 bridgehead atoms. The highest BCUT2D eigenvalue weighted by atomic mass is 79.9. The van der Waals surface area contributed by atoms with E-state index in [0.29, 0.717) is 17.0 Å². The van der Waals surface area contributed by atoms with Crippen LogP contribution in [0, 0.1) is 0 Å². The van der Waals surface area contributed by atoms with Gasteiger partial charge >= 0.3 is 5.97 Å². The Kier molecular flexibility index (Phi) is 4.02. The maximum atomic E-state index is 11.8. The first-order valence-electron chi connectivity index (χ1n) is 6.47. The quantitative estimate of drug-likeness (QED) is 0.663. The molecule has 1 heterocycles. The monoisotopic (exact) mass is 358 g/mol. The third-order valence-corrected chi connectivity index (χ3v) is 3.80. The van der Waals surface area contributed by atoms with E-state index in [0.717, 1.165) is 10.0 Å². The van der Waals surface area contributed by atoms with Gasteiger partial charge in [0.1, 0.15) is 0 Å². The number of carbonyl (C=O) groups is 1. The van der Waals surface area contributed by atoms with E-state index in [4.69, 9.17) is 9.26 Å². The first-order valence-corrected chi connectivity index (χ1v) is 7.26. The van der Waals surface area contributed by atoms with Gasteiger partial charge in [0.05, 0.1) is 18.2 Å². The van der Waals surface area contributed by atoms with Crippen molar-refractivity contribution in [3.05, 3.63) is 58.6 Å². The van der Waals surface area contributed by atoms with Gasteiger partial charge in [-0.15, -0.1) is 0 Å². The predicted octanol–water partition coefficient (Wildman–Crippen LogP) is 3.95. The van der Waals surface area contributed by atoms with Gasteiger partial charge in [0.15, 0.2) is 0 Å². The number of hydrogen-bond acceptors (Lipinski definition) is 5. The molecule has 0 radical (unpaired) electrons. The number of methoxy groups -OCH3 is 1. The fraction of sp³-hybridized carbons (Fsp3) is 0.0625. The van der Waals surface area contributed by atoms with Crippen molar-refractivity contribution in [2.45, 2.75) is 0 Å². The fourth-order valence-electron chi connectivity index (χ4n) is 2.04. The molecule has 1 aromatic heterocycles. The lowest BCUT2D eigenvalue weighted by Crippen LogP contribution is -2.03. The Morgan fingerprint density at radius 3 is 2.50 bits per heavy atom. The highest BCUT2D eigenvalue weighted by Gasteiger charge is 2.18. The highest BCUT2D eigenvalue weighted by molar-refractivity contribution is 9.10. The van der Waals surface area contributed by atoms with Crippen molar-refractivity contribution in [1.82, 2.24) is 10.1 Å². The Morgan fingerprint density at radius 1 is 1.09 bits per heavy atom. The summed E-state index contributed by atoms with van der Waals surface area (Å²) in [6.07, 6.45) is 0. The number of rotatable bonds is 3. The molecule has 0 N–H and O–H groups in total. The molecule has 0 aliphatic carbocycles. The van der Waals surface area contributed by atoms with Crippen LogP contribution >= 0.6 is 15.9 Å². The average Bonchev–Trinajstić information content (AvgIpc) is 3.04. The summed E-state index contributed by atoms with van der Waals surface area (Å²) in [5, 5.41) is 3.98. The number of aromatic nitrogens is 2. The number of carbonyl (C=O) groups excluding carboxylic acids is 1. The van der Waals surface area contributed by atoms with Crippen molar-refractivity contribution in [3.63, 3.8) is 0 Å². The molecule has 0 aliphatic heterocycles. The van der Waals surface area contributed by atoms with Crippen molar-refractivity contribution in [1.29, 1.82) is 0 Å². The van der Waals surface area contributed by atoms with E-state index >= 15 is 0 Å². The van der Waals surface area contributed by atoms with Crippen LogP contribution in [0.25, 0.3) is 22.8 Å². The van der Waals surface area contributed by atoms with Crippen LogP contribution in [0.5, 0.6) is 0 Å². The SMILES string of the molecule is COC(=O)c1ccccc1-c1nc(-c2ccccc2Br)no1. The molecule has 110 valence electrons. The van der Waals surface area contributed by atoms with Crippen LogP contribution in [0.1, 0.15) is 10.4 Å². The predicted molar refractivity (Wildman–Crippen MR) is 84.2 cm³/mol. The molecule has 5 nitrogen and oxygen atoms in total. The molecule has 0 unspecified atom stereocenters. The first kappa shape index (κ1) is 14.5. The number of hydrogen-bond donors (Lipinski definition) is 0. The van der Waals surface area contributed by atoms with Crippen molar-refractivity contribution in [2.75, 3.05) is 7.11 Å². The van der Waals surface area contributed by atoms with Crippen molar-refractivity contribution >= 4 is 21.9 Å². The Balaban J connectivity index is 2.06. The van der Waals surface area contributed by atoms with Crippen molar-refractivity contribution in [2.24, 2.45) is 0 Å². The van der Waals surface area contributed by atoms with Crippen molar-refractivity contribution < 1.29 is 14.1 Å². The summed E-state index contributed by atoms with van der Waals surface area (Å²) >= 11 is 3.45. The number of halogens is 1. The van der Waals surface area contributed by atoms with Crippen LogP contribution in [0.2, 0.25) is 0 Å². The Bertz CT molecular complexity index is 830. The van der Waals surface area contributed by atoms with E-state index in [1.54, 1.807) is 24.3 Å².